The summed E-state index contributed by atoms with van der Waals surface area (Å²) < 4.78 is 0. The molecule has 0 saturated heterocycles. The van der Waals surface area contributed by atoms with Crippen molar-refractivity contribution in [1.82, 2.24) is 0 Å². The predicted octanol–water partition coefficient (Wildman–Crippen LogP) is 3.34. The Morgan fingerprint density at radius 3 is 2.28 bits per heavy atom. The molecule has 0 fully saturated rings. The van der Waals surface area contributed by atoms with Crippen LogP contribution < -0.4 is 5.06 Å². The van der Waals surface area contributed by atoms with Crippen LogP contribution in [0.5, 0.6) is 0 Å². The van der Waals surface area contributed by atoms with Gasteiger partial charge in [-0.05, 0) is 43.7 Å². The van der Waals surface area contributed by atoms with Gasteiger partial charge in [0.2, 0.25) is 0 Å². The highest BCUT2D eigenvalue weighted by atomic mass is 16.5. The van der Waals surface area contributed by atoms with Gasteiger partial charge in [-0.1, -0.05) is 29.8 Å². The number of amides is 1. The van der Waals surface area contributed by atoms with Gasteiger partial charge in [0.1, 0.15) is 0 Å². The van der Waals surface area contributed by atoms with Crippen LogP contribution >= 0.6 is 0 Å². The second-order valence-electron chi connectivity index (χ2n) is 4.32. The zero-order chi connectivity index (χ0) is 13.1. The molecule has 2 aromatic carbocycles. The molecule has 0 aliphatic rings. The number of carbonyl (C=O) groups excluding carboxylic acids is 1. The van der Waals surface area contributed by atoms with Crippen LogP contribution in [-0.2, 0) is 0 Å². The van der Waals surface area contributed by atoms with Crippen molar-refractivity contribution < 1.29 is 10.0 Å². The molecule has 0 saturated carbocycles. The van der Waals surface area contributed by atoms with Gasteiger partial charge in [-0.15, -0.1) is 0 Å². The first-order valence-corrected chi connectivity index (χ1v) is 5.74. The van der Waals surface area contributed by atoms with Crippen LogP contribution in [0, 0.1) is 13.8 Å². The number of hydrogen-bond donors (Lipinski definition) is 1. The standard InChI is InChI=1S/C15H15NO2/c1-11-6-8-13(9-7-11)15(17)16(18)14-5-3-4-12(2)10-14/h3-10,18H,1-2H3. The highest BCUT2D eigenvalue weighted by Crippen LogP contribution is 2.17. The molecule has 2 rings (SSSR count). The predicted molar refractivity (Wildman–Crippen MR) is 71.0 cm³/mol. The van der Waals surface area contributed by atoms with Gasteiger partial charge in [0.15, 0.2) is 0 Å². The number of hydrogen-bond acceptors (Lipinski definition) is 2. The van der Waals surface area contributed by atoms with Gasteiger partial charge in [-0.2, -0.15) is 5.06 Å². The summed E-state index contributed by atoms with van der Waals surface area (Å²) >= 11 is 0. The van der Waals surface area contributed by atoms with Gasteiger partial charge in [0, 0.05) is 5.56 Å². The molecule has 1 N–H and O–H groups in total. The number of aryl methyl sites for hydroxylation is 2. The Bertz CT molecular complexity index is 561. The van der Waals surface area contributed by atoms with E-state index in [9.17, 15) is 10.0 Å². The highest BCUT2D eigenvalue weighted by Gasteiger charge is 2.15. The summed E-state index contributed by atoms with van der Waals surface area (Å²) in [7, 11) is 0. The lowest BCUT2D eigenvalue weighted by atomic mass is 10.1. The minimum Gasteiger partial charge on any atom is -0.281 e. The van der Waals surface area contributed by atoms with E-state index in [0.717, 1.165) is 11.1 Å². The van der Waals surface area contributed by atoms with Crippen LogP contribution in [0.1, 0.15) is 21.5 Å². The lowest BCUT2D eigenvalue weighted by Gasteiger charge is -2.15. The maximum atomic E-state index is 12.0. The summed E-state index contributed by atoms with van der Waals surface area (Å²) in [6.45, 7) is 3.86. The van der Waals surface area contributed by atoms with Gasteiger partial charge >= 0.3 is 0 Å². The summed E-state index contributed by atoms with van der Waals surface area (Å²) in [6.07, 6.45) is 0. The summed E-state index contributed by atoms with van der Waals surface area (Å²) in [5.41, 5.74) is 3.00. The lowest BCUT2D eigenvalue weighted by Crippen LogP contribution is -2.26. The Morgan fingerprint density at radius 2 is 1.67 bits per heavy atom. The van der Waals surface area contributed by atoms with Crippen LogP contribution in [0.15, 0.2) is 48.5 Å². The third-order valence-electron chi connectivity index (χ3n) is 2.74. The molecule has 2 aromatic rings. The van der Waals surface area contributed by atoms with E-state index in [4.69, 9.17) is 0 Å². The molecule has 0 bridgehead atoms. The van der Waals surface area contributed by atoms with Gasteiger partial charge < -0.3 is 0 Å². The fourth-order valence-corrected chi connectivity index (χ4v) is 1.70. The SMILES string of the molecule is Cc1ccc(C(=O)N(O)c2cccc(C)c2)cc1. The molecule has 3 heteroatoms. The quantitative estimate of drug-likeness (QED) is 0.647. The first-order chi connectivity index (χ1) is 8.58. The fourth-order valence-electron chi connectivity index (χ4n) is 1.70. The Kier molecular flexibility index (Phi) is 3.44. The maximum absolute atomic E-state index is 12.0. The smallest absolute Gasteiger partial charge is 0.281 e. The first kappa shape index (κ1) is 12.3. The summed E-state index contributed by atoms with van der Waals surface area (Å²) in [5, 5.41) is 10.6. The molecule has 0 aliphatic heterocycles. The van der Waals surface area contributed by atoms with Crippen LogP contribution in [0.25, 0.3) is 0 Å². The molecule has 0 radical (unpaired) electrons. The van der Waals surface area contributed by atoms with Crippen molar-refractivity contribution in [2.45, 2.75) is 13.8 Å². The molecule has 3 nitrogen and oxygen atoms in total. The minimum atomic E-state index is -0.430. The molecule has 18 heavy (non-hydrogen) atoms. The Morgan fingerprint density at radius 1 is 1.00 bits per heavy atom. The molecular formula is C15H15NO2. The van der Waals surface area contributed by atoms with E-state index in [2.05, 4.69) is 0 Å². The molecule has 1 amide bonds. The highest BCUT2D eigenvalue weighted by molar-refractivity contribution is 6.04. The molecule has 0 atom stereocenters. The zero-order valence-electron chi connectivity index (χ0n) is 10.4. The molecular weight excluding hydrogens is 226 g/mol. The van der Waals surface area contributed by atoms with E-state index < -0.39 is 5.91 Å². The summed E-state index contributed by atoms with van der Waals surface area (Å²) in [6, 6.07) is 14.3. The average Bonchev–Trinajstić information content (AvgIpc) is 2.38. The summed E-state index contributed by atoms with van der Waals surface area (Å²) in [4.78, 5) is 12.0. The topological polar surface area (TPSA) is 40.5 Å². The van der Waals surface area contributed by atoms with E-state index in [1.165, 1.54) is 0 Å². The minimum absolute atomic E-state index is 0.430. The van der Waals surface area contributed by atoms with E-state index in [-0.39, 0.29) is 0 Å². The molecule has 0 heterocycles. The molecule has 92 valence electrons. The summed E-state index contributed by atoms with van der Waals surface area (Å²) in [5.74, 6) is -0.430. The van der Waals surface area contributed by atoms with Crippen molar-refractivity contribution in [3.63, 3.8) is 0 Å². The van der Waals surface area contributed by atoms with Crippen LogP contribution in [0.3, 0.4) is 0 Å². The molecule has 0 spiro atoms. The van der Waals surface area contributed by atoms with E-state index in [1.54, 1.807) is 30.3 Å². The maximum Gasteiger partial charge on any atom is 0.281 e. The van der Waals surface area contributed by atoms with Crippen molar-refractivity contribution in [3.8, 4) is 0 Å². The van der Waals surface area contributed by atoms with Crippen LogP contribution in [0.2, 0.25) is 0 Å². The van der Waals surface area contributed by atoms with Gasteiger partial charge in [-0.3, -0.25) is 10.0 Å². The van der Waals surface area contributed by atoms with Gasteiger partial charge in [0.25, 0.3) is 5.91 Å². The monoisotopic (exact) mass is 241 g/mol. The third-order valence-corrected chi connectivity index (χ3v) is 2.74. The van der Waals surface area contributed by atoms with Crippen LogP contribution in [-0.4, -0.2) is 11.1 Å². The van der Waals surface area contributed by atoms with Gasteiger partial charge in [0.05, 0.1) is 5.69 Å². The van der Waals surface area contributed by atoms with Crippen molar-refractivity contribution in [2.75, 3.05) is 5.06 Å². The average molecular weight is 241 g/mol. The van der Waals surface area contributed by atoms with Crippen molar-refractivity contribution in [3.05, 3.63) is 65.2 Å². The Balaban J connectivity index is 2.26. The second-order valence-corrected chi connectivity index (χ2v) is 4.32. The van der Waals surface area contributed by atoms with Crippen molar-refractivity contribution in [2.24, 2.45) is 0 Å². The number of benzene rings is 2. The molecule has 0 aliphatic carbocycles. The Labute approximate surface area is 106 Å². The van der Waals surface area contributed by atoms with E-state index >= 15 is 0 Å². The number of hydroxylamine groups is 1. The lowest BCUT2D eigenvalue weighted by molar-refractivity contribution is 0.0855. The zero-order valence-corrected chi connectivity index (χ0v) is 10.4. The normalized spacial score (nSPS) is 10.2. The number of nitrogens with zero attached hydrogens (tertiary/aromatic N) is 1. The third kappa shape index (κ3) is 2.57. The molecule has 0 aromatic heterocycles. The van der Waals surface area contributed by atoms with E-state index in [1.807, 2.05) is 32.0 Å². The second kappa shape index (κ2) is 5.02. The number of rotatable bonds is 2. The number of anilines is 1. The van der Waals surface area contributed by atoms with E-state index in [0.29, 0.717) is 16.3 Å². The first-order valence-electron chi connectivity index (χ1n) is 5.74. The largest absolute Gasteiger partial charge is 0.281 e. The number of carbonyl (C=O) groups is 1. The Hall–Kier alpha value is -2.13. The van der Waals surface area contributed by atoms with Crippen LogP contribution in [0.4, 0.5) is 5.69 Å². The fraction of sp³-hybridized carbons (Fsp3) is 0.133. The van der Waals surface area contributed by atoms with Gasteiger partial charge in [-0.25, -0.2) is 0 Å². The van der Waals surface area contributed by atoms with Crippen molar-refractivity contribution in [1.29, 1.82) is 0 Å². The molecule has 0 unspecified atom stereocenters. The van der Waals surface area contributed by atoms with Crippen molar-refractivity contribution >= 4 is 11.6 Å².